The van der Waals surface area contributed by atoms with Gasteiger partial charge in [0.1, 0.15) is 0 Å². The first-order valence-corrected chi connectivity index (χ1v) is 3.97. The van der Waals surface area contributed by atoms with Gasteiger partial charge in [0.15, 0.2) is 5.78 Å². The second-order valence-electron chi connectivity index (χ2n) is 3.06. The maximum Gasteiger partial charge on any atom is 0.343 e. The van der Waals surface area contributed by atoms with E-state index in [1.165, 1.54) is 0 Å². The average molecular weight is 233 g/mol. The summed E-state index contributed by atoms with van der Waals surface area (Å²) in [7, 11) is 0. The summed E-state index contributed by atoms with van der Waals surface area (Å²) in [5.41, 5.74) is 11.6. The molecule has 0 spiro atoms. The normalized spacial score (nSPS) is 12.9. The highest BCUT2D eigenvalue weighted by Crippen LogP contribution is 2.08. The largest absolute Gasteiger partial charge is 0.479 e. The van der Waals surface area contributed by atoms with E-state index < -0.39 is 41.6 Å². The molecule has 1 atom stereocenters. The number of nitrogens with two attached hydrogens (primary N) is 3. The molecule has 0 aliphatic carbocycles. The first-order chi connectivity index (χ1) is 7.13. The Balaban J connectivity index is 5.12. The number of ketones is 1. The fourth-order valence-electron chi connectivity index (χ4n) is 0.904. The SMILES string of the molecule is NC(=O)C[C@H](N)C(=O)C(N)(C(=O)O)C(=O)O. The number of hydrogen-bond acceptors (Lipinski definition) is 6. The first-order valence-electron chi connectivity index (χ1n) is 3.97. The van der Waals surface area contributed by atoms with Crippen molar-refractivity contribution in [3.05, 3.63) is 0 Å². The molecule has 0 aromatic carbocycles. The molecule has 0 aromatic rings. The number of aliphatic carboxylic acids is 2. The van der Waals surface area contributed by atoms with Gasteiger partial charge in [-0.3, -0.25) is 9.59 Å². The highest BCUT2D eigenvalue weighted by molar-refractivity contribution is 6.25. The van der Waals surface area contributed by atoms with Gasteiger partial charge in [-0.15, -0.1) is 0 Å². The van der Waals surface area contributed by atoms with Crippen LogP contribution in [0.2, 0.25) is 0 Å². The van der Waals surface area contributed by atoms with Crippen molar-refractivity contribution in [1.29, 1.82) is 0 Å². The fraction of sp³-hybridized carbons (Fsp3) is 0.429. The molecule has 0 saturated carbocycles. The number of carboxylic acids is 2. The molecule has 90 valence electrons. The maximum atomic E-state index is 11.4. The van der Waals surface area contributed by atoms with Gasteiger partial charge >= 0.3 is 11.9 Å². The Labute approximate surface area is 89.2 Å². The van der Waals surface area contributed by atoms with Crippen LogP contribution in [0, 0.1) is 0 Å². The van der Waals surface area contributed by atoms with Crippen molar-refractivity contribution in [1.82, 2.24) is 0 Å². The van der Waals surface area contributed by atoms with Crippen LogP contribution in [0.5, 0.6) is 0 Å². The average Bonchev–Trinajstić information content (AvgIpc) is 2.13. The molecule has 0 unspecified atom stereocenters. The number of carbonyl (C=O) groups is 4. The zero-order valence-corrected chi connectivity index (χ0v) is 8.04. The van der Waals surface area contributed by atoms with Gasteiger partial charge in [0.2, 0.25) is 5.91 Å². The Morgan fingerprint density at radius 1 is 1.12 bits per heavy atom. The summed E-state index contributed by atoms with van der Waals surface area (Å²) in [5.74, 6) is -6.60. The molecular formula is C7H11N3O6. The predicted octanol–water partition coefficient (Wildman–Crippen LogP) is -3.38. The van der Waals surface area contributed by atoms with E-state index in [0.717, 1.165) is 0 Å². The molecule has 9 nitrogen and oxygen atoms in total. The number of carboxylic acid groups (broad SMARTS) is 2. The summed E-state index contributed by atoms with van der Waals surface area (Å²) in [6.07, 6.45) is -0.682. The Hall–Kier alpha value is -2.00. The summed E-state index contributed by atoms with van der Waals surface area (Å²) in [6, 6.07) is -1.67. The smallest absolute Gasteiger partial charge is 0.343 e. The van der Waals surface area contributed by atoms with Gasteiger partial charge in [-0.25, -0.2) is 9.59 Å². The molecule has 0 aromatic heterocycles. The Kier molecular flexibility index (Phi) is 4.09. The van der Waals surface area contributed by atoms with Crippen molar-refractivity contribution in [2.75, 3.05) is 0 Å². The van der Waals surface area contributed by atoms with Crippen molar-refractivity contribution in [2.24, 2.45) is 17.2 Å². The van der Waals surface area contributed by atoms with Gasteiger partial charge in [0.25, 0.3) is 5.54 Å². The number of hydrogen-bond donors (Lipinski definition) is 5. The lowest BCUT2D eigenvalue weighted by molar-refractivity contribution is -0.161. The van der Waals surface area contributed by atoms with Crippen molar-refractivity contribution >= 4 is 23.6 Å². The van der Waals surface area contributed by atoms with Gasteiger partial charge in [0, 0.05) is 6.42 Å². The summed E-state index contributed by atoms with van der Waals surface area (Å²) in [6.45, 7) is 0. The van der Waals surface area contributed by atoms with Crippen molar-refractivity contribution < 1.29 is 29.4 Å². The quantitative estimate of drug-likeness (QED) is 0.294. The van der Waals surface area contributed by atoms with Crippen LogP contribution in [0.15, 0.2) is 0 Å². The van der Waals surface area contributed by atoms with Gasteiger partial charge in [-0.1, -0.05) is 0 Å². The summed E-state index contributed by atoms with van der Waals surface area (Å²) >= 11 is 0. The topological polar surface area (TPSA) is 187 Å². The van der Waals surface area contributed by atoms with E-state index in [0.29, 0.717) is 0 Å². The van der Waals surface area contributed by atoms with Crippen LogP contribution in [0.3, 0.4) is 0 Å². The molecule has 0 saturated heterocycles. The fourth-order valence-corrected chi connectivity index (χ4v) is 0.904. The van der Waals surface area contributed by atoms with Gasteiger partial charge in [-0.2, -0.15) is 0 Å². The molecule has 0 aliphatic heterocycles. The van der Waals surface area contributed by atoms with E-state index in [1.54, 1.807) is 0 Å². The second-order valence-corrected chi connectivity index (χ2v) is 3.06. The highest BCUT2D eigenvalue weighted by atomic mass is 16.4. The lowest BCUT2D eigenvalue weighted by Crippen LogP contribution is -2.65. The molecule has 0 bridgehead atoms. The highest BCUT2D eigenvalue weighted by Gasteiger charge is 2.52. The van der Waals surface area contributed by atoms with Crippen LogP contribution in [-0.2, 0) is 19.2 Å². The zero-order valence-electron chi connectivity index (χ0n) is 8.04. The lowest BCUT2D eigenvalue weighted by atomic mass is 9.89. The predicted molar refractivity (Wildman–Crippen MR) is 49.0 cm³/mol. The molecule has 0 radical (unpaired) electrons. The molecule has 1 amide bonds. The monoisotopic (exact) mass is 233 g/mol. The van der Waals surface area contributed by atoms with E-state index in [9.17, 15) is 19.2 Å². The van der Waals surface area contributed by atoms with Gasteiger partial charge < -0.3 is 27.4 Å². The maximum absolute atomic E-state index is 11.4. The summed E-state index contributed by atoms with van der Waals surface area (Å²) in [4.78, 5) is 43.0. The third kappa shape index (κ3) is 2.52. The number of carbonyl (C=O) groups excluding carboxylic acids is 2. The van der Waals surface area contributed by atoms with Crippen LogP contribution in [0.1, 0.15) is 6.42 Å². The standard InChI is InChI=1S/C7H11N3O6/c8-2(1-3(9)11)4(12)7(10,5(13)14)6(15)16/h2H,1,8,10H2,(H2,9,11)(H,13,14)(H,15,16)/t2-/m0/s1. The summed E-state index contributed by atoms with van der Waals surface area (Å²) in [5, 5.41) is 17.1. The molecular weight excluding hydrogens is 222 g/mol. The van der Waals surface area contributed by atoms with Crippen molar-refractivity contribution in [3.8, 4) is 0 Å². The Morgan fingerprint density at radius 3 is 1.75 bits per heavy atom. The second kappa shape index (κ2) is 4.68. The minimum Gasteiger partial charge on any atom is -0.479 e. The van der Waals surface area contributed by atoms with Crippen molar-refractivity contribution in [3.63, 3.8) is 0 Å². The molecule has 0 fully saturated rings. The Morgan fingerprint density at radius 2 is 1.50 bits per heavy atom. The molecule has 16 heavy (non-hydrogen) atoms. The first kappa shape index (κ1) is 14.0. The Bertz CT molecular complexity index is 338. The van der Waals surface area contributed by atoms with Crippen LogP contribution in [0.25, 0.3) is 0 Å². The lowest BCUT2D eigenvalue weighted by Gasteiger charge is -2.21. The van der Waals surface area contributed by atoms with Crippen LogP contribution >= 0.6 is 0 Å². The van der Waals surface area contributed by atoms with Crippen LogP contribution < -0.4 is 17.2 Å². The van der Waals surface area contributed by atoms with E-state index in [-0.39, 0.29) is 0 Å². The zero-order chi connectivity index (χ0) is 13.1. The number of Topliss-reactive ketones (excluding diaryl/α,β-unsaturated/α-hetero) is 1. The van der Waals surface area contributed by atoms with E-state index in [4.69, 9.17) is 27.4 Å². The number of amides is 1. The molecule has 0 aliphatic rings. The van der Waals surface area contributed by atoms with Crippen LogP contribution in [-0.4, -0.2) is 45.4 Å². The summed E-state index contributed by atoms with van der Waals surface area (Å²) < 4.78 is 0. The third-order valence-electron chi connectivity index (χ3n) is 1.82. The van der Waals surface area contributed by atoms with Gasteiger partial charge in [-0.05, 0) is 0 Å². The van der Waals surface area contributed by atoms with Crippen molar-refractivity contribution in [2.45, 2.75) is 18.0 Å². The number of primary amides is 1. The minimum absolute atomic E-state index is 0.682. The van der Waals surface area contributed by atoms with Gasteiger partial charge in [0.05, 0.1) is 6.04 Å². The number of rotatable bonds is 6. The molecule has 0 rings (SSSR count). The molecule has 8 N–H and O–H groups in total. The third-order valence-corrected chi connectivity index (χ3v) is 1.82. The minimum atomic E-state index is -3.17. The molecule has 9 heteroatoms. The van der Waals surface area contributed by atoms with E-state index >= 15 is 0 Å². The van der Waals surface area contributed by atoms with E-state index in [2.05, 4.69) is 0 Å². The van der Waals surface area contributed by atoms with Crippen LogP contribution in [0.4, 0.5) is 0 Å². The molecule has 0 heterocycles. The van der Waals surface area contributed by atoms with E-state index in [1.807, 2.05) is 0 Å².